The van der Waals surface area contributed by atoms with E-state index in [1.54, 1.807) is 0 Å². The molecule has 2 rings (SSSR count). The van der Waals surface area contributed by atoms with Crippen LogP contribution in [0, 0.1) is 0 Å². The van der Waals surface area contributed by atoms with Crippen molar-refractivity contribution in [3.05, 3.63) is 0 Å². The number of amides is 1. The van der Waals surface area contributed by atoms with Gasteiger partial charge < -0.3 is 14.7 Å². The molecule has 2 aliphatic rings. The van der Waals surface area contributed by atoms with E-state index >= 15 is 0 Å². The maximum Gasteiger partial charge on any atom is 0.332 e. The summed E-state index contributed by atoms with van der Waals surface area (Å²) in [5.74, 6) is -1.02. The Kier molecular flexibility index (Phi) is 4.42. The Morgan fingerprint density at radius 3 is 2.53 bits per heavy atom. The number of piperazine rings is 1. The molecule has 0 bridgehead atoms. The molecule has 0 aliphatic carbocycles. The number of hydrogen-bond donors (Lipinski definition) is 1. The second-order valence-electron chi connectivity index (χ2n) is 5.36. The molecular weight excluding hydrogens is 248 g/mol. The number of carbonyl (C=O) groups is 2. The molecule has 1 amide bonds. The Bertz CT molecular complexity index is 361. The van der Waals surface area contributed by atoms with Crippen LogP contribution in [0.4, 0.5) is 0 Å². The molecule has 2 fully saturated rings. The third-order valence-corrected chi connectivity index (χ3v) is 4.13. The van der Waals surface area contributed by atoms with Crippen LogP contribution >= 0.6 is 0 Å². The number of hydrogen-bond acceptors (Lipinski definition) is 4. The number of likely N-dealkylation sites (N-methyl/N-ethyl adjacent to an activating group) is 1. The molecule has 2 saturated heterocycles. The third-order valence-electron chi connectivity index (χ3n) is 4.13. The molecule has 0 aromatic rings. The summed E-state index contributed by atoms with van der Waals surface area (Å²) in [6.07, 6.45) is 0.560. The fourth-order valence-corrected chi connectivity index (χ4v) is 2.79. The Morgan fingerprint density at radius 1 is 1.26 bits per heavy atom. The minimum absolute atomic E-state index is 0.0460. The zero-order chi connectivity index (χ0) is 14.0. The summed E-state index contributed by atoms with van der Waals surface area (Å²) in [6, 6.07) is 0.384. The minimum Gasteiger partial charge on any atom is -0.479 e. The Morgan fingerprint density at radius 2 is 1.95 bits per heavy atom. The summed E-state index contributed by atoms with van der Waals surface area (Å²) in [4.78, 5) is 27.2. The molecule has 2 aliphatic heterocycles. The van der Waals surface area contributed by atoms with Crippen molar-refractivity contribution in [2.75, 3.05) is 26.7 Å². The van der Waals surface area contributed by atoms with Crippen molar-refractivity contribution < 1.29 is 19.4 Å². The molecule has 6 heteroatoms. The summed E-state index contributed by atoms with van der Waals surface area (Å²) < 4.78 is 5.33. The maximum atomic E-state index is 12.3. The summed E-state index contributed by atoms with van der Waals surface area (Å²) in [5, 5.41) is 8.88. The van der Waals surface area contributed by atoms with E-state index in [-0.39, 0.29) is 5.91 Å². The molecule has 2 heterocycles. The third kappa shape index (κ3) is 3.06. The molecule has 0 spiro atoms. The van der Waals surface area contributed by atoms with Crippen molar-refractivity contribution in [3.63, 3.8) is 0 Å². The molecule has 0 saturated carbocycles. The zero-order valence-corrected chi connectivity index (χ0v) is 11.5. The van der Waals surface area contributed by atoms with Gasteiger partial charge in [-0.3, -0.25) is 9.69 Å². The number of rotatable bonds is 3. The van der Waals surface area contributed by atoms with Crippen molar-refractivity contribution in [2.24, 2.45) is 0 Å². The molecule has 3 atom stereocenters. The van der Waals surface area contributed by atoms with Gasteiger partial charge in [0.2, 0.25) is 0 Å². The van der Waals surface area contributed by atoms with Gasteiger partial charge in [-0.05, 0) is 26.3 Å². The van der Waals surface area contributed by atoms with E-state index in [0.29, 0.717) is 32.0 Å². The molecule has 0 aromatic heterocycles. The number of carbonyl (C=O) groups excluding carboxylic acids is 1. The molecule has 1 N–H and O–H groups in total. The van der Waals surface area contributed by atoms with Crippen molar-refractivity contribution in [1.82, 2.24) is 9.80 Å². The van der Waals surface area contributed by atoms with Gasteiger partial charge in [0.25, 0.3) is 5.91 Å². The summed E-state index contributed by atoms with van der Waals surface area (Å²) >= 11 is 0. The van der Waals surface area contributed by atoms with E-state index < -0.39 is 18.2 Å². The summed E-state index contributed by atoms with van der Waals surface area (Å²) in [5.41, 5.74) is 0. The first kappa shape index (κ1) is 14.3. The highest BCUT2D eigenvalue weighted by Gasteiger charge is 2.38. The predicted molar refractivity (Wildman–Crippen MR) is 68.8 cm³/mol. The first-order valence-corrected chi connectivity index (χ1v) is 6.90. The smallest absolute Gasteiger partial charge is 0.332 e. The van der Waals surface area contributed by atoms with E-state index in [4.69, 9.17) is 9.84 Å². The Labute approximate surface area is 113 Å². The highest BCUT2D eigenvalue weighted by Crippen LogP contribution is 2.23. The van der Waals surface area contributed by atoms with Crippen molar-refractivity contribution in [1.29, 1.82) is 0 Å². The van der Waals surface area contributed by atoms with E-state index in [1.807, 2.05) is 4.90 Å². The number of ether oxygens (including phenoxy) is 1. The van der Waals surface area contributed by atoms with Gasteiger partial charge in [0.15, 0.2) is 6.10 Å². The van der Waals surface area contributed by atoms with Crippen molar-refractivity contribution >= 4 is 11.9 Å². The lowest BCUT2D eigenvalue weighted by molar-refractivity contribution is -0.155. The molecule has 3 unspecified atom stereocenters. The van der Waals surface area contributed by atoms with Crippen molar-refractivity contribution in [2.45, 2.75) is 44.4 Å². The van der Waals surface area contributed by atoms with Crippen LogP contribution in [0.2, 0.25) is 0 Å². The van der Waals surface area contributed by atoms with Crippen LogP contribution in [-0.4, -0.2) is 71.7 Å². The average molecular weight is 270 g/mol. The SMILES string of the molecule is CCC1CN(C(=O)C2CCC(C(=O)O)O2)CCN1C. The number of carboxylic acid groups (broad SMARTS) is 1. The maximum absolute atomic E-state index is 12.3. The van der Waals surface area contributed by atoms with Gasteiger partial charge in [-0.1, -0.05) is 6.92 Å². The molecular formula is C13H22N2O4. The van der Waals surface area contributed by atoms with E-state index in [1.165, 1.54) is 0 Å². The first-order chi connectivity index (χ1) is 9.02. The lowest BCUT2D eigenvalue weighted by Gasteiger charge is -2.39. The highest BCUT2D eigenvalue weighted by molar-refractivity contribution is 5.82. The van der Waals surface area contributed by atoms with Gasteiger partial charge in [-0.15, -0.1) is 0 Å². The first-order valence-electron chi connectivity index (χ1n) is 6.90. The average Bonchev–Trinajstić information content (AvgIpc) is 2.88. The number of carboxylic acids is 1. The molecule has 0 radical (unpaired) electrons. The van der Waals surface area contributed by atoms with Crippen LogP contribution in [0.1, 0.15) is 26.2 Å². The highest BCUT2D eigenvalue weighted by atomic mass is 16.5. The summed E-state index contributed by atoms with van der Waals surface area (Å²) in [7, 11) is 2.07. The standard InChI is InChI=1S/C13H22N2O4/c1-3-9-8-15(7-6-14(9)2)12(16)10-4-5-11(19-10)13(17)18/h9-11H,3-8H2,1-2H3,(H,17,18). The second-order valence-corrected chi connectivity index (χ2v) is 5.36. The fraction of sp³-hybridized carbons (Fsp3) is 0.846. The van der Waals surface area contributed by atoms with Gasteiger partial charge in [0, 0.05) is 25.7 Å². The van der Waals surface area contributed by atoms with Crippen LogP contribution in [0.3, 0.4) is 0 Å². The molecule has 19 heavy (non-hydrogen) atoms. The van der Waals surface area contributed by atoms with Crippen molar-refractivity contribution in [3.8, 4) is 0 Å². The largest absolute Gasteiger partial charge is 0.479 e. The zero-order valence-electron chi connectivity index (χ0n) is 11.5. The molecule has 6 nitrogen and oxygen atoms in total. The quantitative estimate of drug-likeness (QED) is 0.791. The van der Waals surface area contributed by atoms with Crippen LogP contribution in [-0.2, 0) is 14.3 Å². The van der Waals surface area contributed by atoms with E-state index in [9.17, 15) is 9.59 Å². The van der Waals surface area contributed by atoms with Gasteiger partial charge in [0.1, 0.15) is 6.10 Å². The van der Waals surface area contributed by atoms with Gasteiger partial charge >= 0.3 is 5.97 Å². The minimum atomic E-state index is -0.972. The monoisotopic (exact) mass is 270 g/mol. The van der Waals surface area contributed by atoms with Gasteiger partial charge in [0.05, 0.1) is 0 Å². The van der Waals surface area contributed by atoms with Gasteiger partial charge in [-0.2, -0.15) is 0 Å². The van der Waals surface area contributed by atoms with Crippen LogP contribution < -0.4 is 0 Å². The normalized spacial score (nSPS) is 32.5. The topological polar surface area (TPSA) is 70.1 Å². The lowest BCUT2D eigenvalue weighted by Crippen LogP contribution is -2.55. The van der Waals surface area contributed by atoms with Crippen LogP contribution in [0.25, 0.3) is 0 Å². The predicted octanol–water partition coefficient (Wildman–Crippen LogP) is 0.171. The summed E-state index contributed by atoms with van der Waals surface area (Å²) in [6.45, 7) is 4.38. The van der Waals surface area contributed by atoms with E-state index in [0.717, 1.165) is 13.0 Å². The number of aliphatic carboxylic acids is 1. The lowest BCUT2D eigenvalue weighted by atomic mass is 10.1. The van der Waals surface area contributed by atoms with Crippen LogP contribution in [0.15, 0.2) is 0 Å². The Balaban J connectivity index is 1.92. The van der Waals surface area contributed by atoms with E-state index in [2.05, 4.69) is 18.9 Å². The second kappa shape index (κ2) is 5.88. The molecule has 0 aromatic carbocycles. The van der Waals surface area contributed by atoms with Crippen LogP contribution in [0.5, 0.6) is 0 Å². The molecule has 108 valence electrons. The fourth-order valence-electron chi connectivity index (χ4n) is 2.79. The number of nitrogens with zero attached hydrogens (tertiary/aromatic N) is 2. The Hall–Kier alpha value is -1.14. The van der Waals surface area contributed by atoms with Gasteiger partial charge in [-0.25, -0.2) is 4.79 Å².